The molecule has 1 aromatic carbocycles. The van der Waals surface area contributed by atoms with Crippen LogP contribution >= 0.6 is 11.6 Å². The number of carbonyl (C=O) groups is 1. The summed E-state index contributed by atoms with van der Waals surface area (Å²) in [4.78, 5) is 14.9. The Hall–Kier alpha value is -1.94. The fourth-order valence-corrected chi connectivity index (χ4v) is 2.84. The molecule has 0 aliphatic heterocycles. The van der Waals surface area contributed by atoms with Gasteiger partial charge in [-0.25, -0.2) is 0 Å². The van der Waals surface area contributed by atoms with Crippen LogP contribution in [-0.4, -0.2) is 24.0 Å². The van der Waals surface area contributed by atoms with Crippen LogP contribution in [0.5, 0.6) is 5.75 Å². The molecule has 2 aromatic rings. The average molecular weight is 320 g/mol. The number of carbonyl (C=O) groups excluding carboxylic acids is 1. The second kappa shape index (κ2) is 6.05. The minimum Gasteiger partial charge on any atom is -0.496 e. The molecule has 1 atom stereocenters. The van der Waals surface area contributed by atoms with Gasteiger partial charge in [-0.05, 0) is 50.1 Å². The van der Waals surface area contributed by atoms with Crippen molar-refractivity contribution in [2.24, 2.45) is 0 Å². The van der Waals surface area contributed by atoms with Gasteiger partial charge in [0.2, 0.25) is 0 Å². The molecule has 0 radical (unpaired) electrons. The zero-order valence-electron chi connectivity index (χ0n) is 12.6. The van der Waals surface area contributed by atoms with E-state index in [2.05, 4.69) is 0 Å². The lowest BCUT2D eigenvalue weighted by molar-refractivity contribution is 0.0649. The summed E-state index contributed by atoms with van der Waals surface area (Å²) in [5, 5.41) is 0.519. The van der Waals surface area contributed by atoms with E-state index in [1.54, 1.807) is 31.6 Å². The SMILES string of the molecule is COc1ccc(Cl)cc1C(=O)N(C1CC1)C(C)c1ccco1. The van der Waals surface area contributed by atoms with E-state index in [0.29, 0.717) is 16.3 Å². The van der Waals surface area contributed by atoms with Crippen molar-refractivity contribution in [3.05, 3.63) is 52.9 Å². The molecule has 4 nitrogen and oxygen atoms in total. The van der Waals surface area contributed by atoms with E-state index in [-0.39, 0.29) is 18.0 Å². The third-order valence-corrected chi connectivity index (χ3v) is 4.17. The summed E-state index contributed by atoms with van der Waals surface area (Å²) in [7, 11) is 1.55. The lowest BCUT2D eigenvalue weighted by Gasteiger charge is -2.28. The maximum atomic E-state index is 13.0. The number of benzene rings is 1. The fourth-order valence-electron chi connectivity index (χ4n) is 2.66. The second-order valence-corrected chi connectivity index (χ2v) is 5.92. The lowest BCUT2D eigenvalue weighted by atomic mass is 10.1. The first-order chi connectivity index (χ1) is 10.6. The van der Waals surface area contributed by atoms with E-state index in [4.69, 9.17) is 20.8 Å². The van der Waals surface area contributed by atoms with E-state index >= 15 is 0 Å². The van der Waals surface area contributed by atoms with Crippen molar-refractivity contribution in [3.8, 4) is 5.75 Å². The molecular weight excluding hydrogens is 302 g/mol. The molecule has 1 aromatic heterocycles. The normalized spacial score (nSPS) is 15.4. The van der Waals surface area contributed by atoms with Crippen molar-refractivity contribution in [3.63, 3.8) is 0 Å². The summed E-state index contributed by atoms with van der Waals surface area (Å²) in [6, 6.07) is 8.94. The smallest absolute Gasteiger partial charge is 0.258 e. The van der Waals surface area contributed by atoms with Gasteiger partial charge >= 0.3 is 0 Å². The molecular formula is C17H18ClNO3. The Bertz CT molecular complexity index is 665. The van der Waals surface area contributed by atoms with Gasteiger partial charge in [0.15, 0.2) is 0 Å². The molecule has 5 heteroatoms. The average Bonchev–Trinajstić information content (AvgIpc) is 3.19. The summed E-state index contributed by atoms with van der Waals surface area (Å²) in [6.07, 6.45) is 3.65. The molecule has 3 rings (SSSR count). The molecule has 22 heavy (non-hydrogen) atoms. The molecule has 1 heterocycles. The van der Waals surface area contributed by atoms with Crippen LogP contribution in [-0.2, 0) is 0 Å². The standard InChI is InChI=1S/C17H18ClNO3/c1-11(15-4-3-9-22-15)19(13-6-7-13)17(20)14-10-12(18)5-8-16(14)21-2/h3-5,8-11,13H,6-7H2,1-2H3. The molecule has 1 aliphatic rings. The largest absolute Gasteiger partial charge is 0.496 e. The quantitative estimate of drug-likeness (QED) is 0.824. The molecule has 1 fully saturated rings. The Morgan fingerprint density at radius 3 is 2.77 bits per heavy atom. The first-order valence-electron chi connectivity index (χ1n) is 7.31. The van der Waals surface area contributed by atoms with Crippen molar-refractivity contribution < 1.29 is 13.9 Å². The van der Waals surface area contributed by atoms with Gasteiger partial charge in [-0.3, -0.25) is 4.79 Å². The van der Waals surface area contributed by atoms with Gasteiger partial charge in [0.1, 0.15) is 11.5 Å². The highest BCUT2D eigenvalue weighted by Crippen LogP contribution is 2.37. The van der Waals surface area contributed by atoms with Crippen LogP contribution in [0, 0.1) is 0 Å². The highest BCUT2D eigenvalue weighted by atomic mass is 35.5. The van der Waals surface area contributed by atoms with Gasteiger partial charge < -0.3 is 14.1 Å². The molecule has 1 aliphatic carbocycles. The number of furan rings is 1. The van der Waals surface area contributed by atoms with Gasteiger partial charge in [-0.2, -0.15) is 0 Å². The lowest BCUT2D eigenvalue weighted by Crippen LogP contribution is -2.35. The number of ether oxygens (including phenoxy) is 1. The fraction of sp³-hybridized carbons (Fsp3) is 0.353. The first kappa shape index (κ1) is 15.0. The molecule has 116 valence electrons. The number of methoxy groups -OCH3 is 1. The zero-order chi connectivity index (χ0) is 15.7. The zero-order valence-corrected chi connectivity index (χ0v) is 13.3. The Morgan fingerprint density at radius 2 is 2.18 bits per heavy atom. The van der Waals surface area contributed by atoms with Crippen molar-refractivity contribution in [2.75, 3.05) is 7.11 Å². The number of amides is 1. The first-order valence-corrected chi connectivity index (χ1v) is 7.69. The molecule has 0 N–H and O–H groups in total. The second-order valence-electron chi connectivity index (χ2n) is 5.48. The van der Waals surface area contributed by atoms with Crippen molar-refractivity contribution in [1.82, 2.24) is 4.90 Å². The highest BCUT2D eigenvalue weighted by Gasteiger charge is 2.38. The van der Waals surface area contributed by atoms with Crippen molar-refractivity contribution in [1.29, 1.82) is 0 Å². The third kappa shape index (κ3) is 2.83. The van der Waals surface area contributed by atoms with Gasteiger partial charge in [0.05, 0.1) is 25.0 Å². The Labute approximate surface area is 134 Å². The number of hydrogen-bond donors (Lipinski definition) is 0. The molecule has 0 spiro atoms. The topological polar surface area (TPSA) is 42.7 Å². The molecule has 1 unspecified atom stereocenters. The Kier molecular flexibility index (Phi) is 4.12. The van der Waals surface area contributed by atoms with Gasteiger partial charge in [-0.1, -0.05) is 11.6 Å². The van der Waals surface area contributed by atoms with Crippen LogP contribution in [0.2, 0.25) is 5.02 Å². The molecule has 0 saturated heterocycles. The van der Waals surface area contributed by atoms with Crippen LogP contribution in [0.3, 0.4) is 0 Å². The predicted molar refractivity (Wildman–Crippen MR) is 84.3 cm³/mol. The van der Waals surface area contributed by atoms with Gasteiger partial charge in [0, 0.05) is 11.1 Å². The van der Waals surface area contributed by atoms with E-state index in [1.165, 1.54) is 0 Å². The Morgan fingerprint density at radius 1 is 1.41 bits per heavy atom. The van der Waals surface area contributed by atoms with E-state index in [9.17, 15) is 4.79 Å². The van der Waals surface area contributed by atoms with Crippen molar-refractivity contribution in [2.45, 2.75) is 31.8 Å². The van der Waals surface area contributed by atoms with Crippen LogP contribution in [0.25, 0.3) is 0 Å². The van der Waals surface area contributed by atoms with Crippen LogP contribution in [0.15, 0.2) is 41.0 Å². The van der Waals surface area contributed by atoms with Crippen LogP contribution in [0.1, 0.15) is 41.9 Å². The van der Waals surface area contributed by atoms with E-state index in [1.807, 2.05) is 24.0 Å². The van der Waals surface area contributed by atoms with Gasteiger partial charge in [-0.15, -0.1) is 0 Å². The summed E-state index contributed by atoms with van der Waals surface area (Å²) in [5.74, 6) is 1.23. The van der Waals surface area contributed by atoms with Gasteiger partial charge in [0.25, 0.3) is 5.91 Å². The highest BCUT2D eigenvalue weighted by molar-refractivity contribution is 6.31. The van der Waals surface area contributed by atoms with Crippen LogP contribution in [0.4, 0.5) is 0 Å². The maximum absolute atomic E-state index is 13.0. The Balaban J connectivity index is 1.95. The number of halogens is 1. The van der Waals surface area contributed by atoms with Crippen LogP contribution < -0.4 is 4.74 Å². The summed E-state index contributed by atoms with van der Waals surface area (Å²) >= 11 is 6.05. The number of rotatable bonds is 5. The number of hydrogen-bond acceptors (Lipinski definition) is 3. The summed E-state index contributed by atoms with van der Waals surface area (Å²) in [6.45, 7) is 1.98. The molecule has 1 saturated carbocycles. The minimum absolute atomic E-state index is 0.0780. The van der Waals surface area contributed by atoms with Crippen molar-refractivity contribution >= 4 is 17.5 Å². The molecule has 1 amide bonds. The minimum atomic E-state index is -0.126. The third-order valence-electron chi connectivity index (χ3n) is 3.94. The predicted octanol–water partition coefficient (Wildman–Crippen LogP) is 4.31. The summed E-state index contributed by atoms with van der Waals surface area (Å²) < 4.78 is 10.8. The monoisotopic (exact) mass is 319 g/mol. The van der Waals surface area contributed by atoms with E-state index < -0.39 is 0 Å². The molecule has 0 bridgehead atoms. The van der Waals surface area contributed by atoms with E-state index in [0.717, 1.165) is 18.6 Å². The summed E-state index contributed by atoms with van der Waals surface area (Å²) in [5.41, 5.74) is 0.486. The maximum Gasteiger partial charge on any atom is 0.258 e. The number of nitrogens with zero attached hydrogens (tertiary/aromatic N) is 1.